The Kier molecular flexibility index (Phi) is 4.24. The number of anilines is 1. The summed E-state index contributed by atoms with van der Waals surface area (Å²) in [6.07, 6.45) is 3.20. The highest BCUT2D eigenvalue weighted by molar-refractivity contribution is 7.20. The summed E-state index contributed by atoms with van der Waals surface area (Å²) in [6, 6.07) is 7.69. The van der Waals surface area contributed by atoms with E-state index in [0.29, 0.717) is 4.88 Å². The van der Waals surface area contributed by atoms with E-state index in [4.69, 9.17) is 0 Å². The first-order valence-electron chi connectivity index (χ1n) is 8.78. The Morgan fingerprint density at radius 1 is 1.35 bits per heavy atom. The Labute approximate surface area is 155 Å². The number of hydrogen-bond acceptors (Lipinski definition) is 4. The van der Waals surface area contributed by atoms with E-state index in [1.54, 1.807) is 0 Å². The Bertz CT molecular complexity index is 1070. The molecule has 7 heteroatoms. The Hall–Kier alpha value is -2.67. The predicted octanol–water partition coefficient (Wildman–Crippen LogP) is 4.41. The van der Waals surface area contributed by atoms with Crippen molar-refractivity contribution < 1.29 is 4.79 Å². The van der Waals surface area contributed by atoms with Crippen molar-refractivity contribution >= 4 is 44.2 Å². The van der Waals surface area contributed by atoms with Gasteiger partial charge in [0.1, 0.15) is 10.7 Å². The molecule has 0 atom stereocenters. The molecule has 1 amide bonds. The molecule has 0 saturated heterocycles. The van der Waals surface area contributed by atoms with Crippen molar-refractivity contribution in [2.24, 2.45) is 7.05 Å². The minimum Gasteiger partial charge on any atom is -0.342 e. The molecule has 0 spiro atoms. The molecule has 0 fully saturated rings. The van der Waals surface area contributed by atoms with Crippen LogP contribution >= 0.6 is 11.3 Å². The van der Waals surface area contributed by atoms with Crippen molar-refractivity contribution in [3.05, 3.63) is 40.7 Å². The fourth-order valence-corrected chi connectivity index (χ4v) is 4.13. The van der Waals surface area contributed by atoms with Crippen LogP contribution in [0, 0.1) is 6.92 Å². The number of thiophene rings is 1. The van der Waals surface area contributed by atoms with Crippen LogP contribution in [0.4, 0.5) is 5.69 Å². The number of nitrogens with one attached hydrogen (secondary N) is 2. The molecule has 0 bridgehead atoms. The summed E-state index contributed by atoms with van der Waals surface area (Å²) < 4.78 is 1.82. The van der Waals surface area contributed by atoms with Gasteiger partial charge in [0.15, 0.2) is 0 Å². The van der Waals surface area contributed by atoms with Crippen molar-refractivity contribution in [1.82, 2.24) is 19.7 Å². The standard InChI is InChI=1S/C19H21N5OS/c1-4-5-6-17-21-14-8-7-12(9-15(14)22-17)20-18(25)16-10-13-11(2)23-24(3)19(13)26-16/h7-10H,4-6H2,1-3H3,(H,20,25)(H,21,22). The van der Waals surface area contributed by atoms with Gasteiger partial charge in [-0.05, 0) is 37.6 Å². The lowest BCUT2D eigenvalue weighted by molar-refractivity contribution is 0.103. The summed E-state index contributed by atoms with van der Waals surface area (Å²) in [6.45, 7) is 4.13. The van der Waals surface area contributed by atoms with Crippen LogP contribution in [0.3, 0.4) is 0 Å². The summed E-state index contributed by atoms with van der Waals surface area (Å²) in [4.78, 5) is 22.3. The molecule has 2 N–H and O–H groups in total. The number of aromatic nitrogens is 4. The van der Waals surface area contributed by atoms with Gasteiger partial charge in [-0.15, -0.1) is 11.3 Å². The third-order valence-corrected chi connectivity index (χ3v) is 5.68. The molecule has 0 saturated carbocycles. The molecule has 134 valence electrons. The van der Waals surface area contributed by atoms with E-state index < -0.39 is 0 Å². The van der Waals surface area contributed by atoms with Gasteiger partial charge in [-0.25, -0.2) is 4.98 Å². The van der Waals surface area contributed by atoms with E-state index in [1.165, 1.54) is 11.3 Å². The van der Waals surface area contributed by atoms with Crippen molar-refractivity contribution in [3.63, 3.8) is 0 Å². The number of unbranched alkanes of at least 4 members (excludes halogenated alkanes) is 1. The van der Waals surface area contributed by atoms with Crippen LogP contribution in [0.15, 0.2) is 24.3 Å². The number of fused-ring (bicyclic) bond motifs is 2. The van der Waals surface area contributed by atoms with Crippen LogP contribution in [0.5, 0.6) is 0 Å². The van der Waals surface area contributed by atoms with Crippen LogP contribution in [0.25, 0.3) is 21.3 Å². The van der Waals surface area contributed by atoms with Crippen LogP contribution < -0.4 is 5.32 Å². The summed E-state index contributed by atoms with van der Waals surface area (Å²) >= 11 is 1.46. The number of rotatable bonds is 5. The lowest BCUT2D eigenvalue weighted by Gasteiger charge is -2.03. The predicted molar refractivity (Wildman–Crippen MR) is 106 cm³/mol. The highest BCUT2D eigenvalue weighted by Crippen LogP contribution is 2.28. The summed E-state index contributed by atoms with van der Waals surface area (Å²) in [5, 5.41) is 8.40. The van der Waals surface area contributed by atoms with Crippen LogP contribution in [-0.4, -0.2) is 25.7 Å². The third kappa shape index (κ3) is 2.99. The maximum atomic E-state index is 12.6. The molecule has 26 heavy (non-hydrogen) atoms. The molecule has 3 aromatic heterocycles. The fourth-order valence-electron chi connectivity index (χ4n) is 3.11. The number of aromatic amines is 1. The molecule has 1 aromatic carbocycles. The highest BCUT2D eigenvalue weighted by Gasteiger charge is 2.15. The Balaban J connectivity index is 1.56. The van der Waals surface area contributed by atoms with E-state index in [2.05, 4.69) is 27.3 Å². The van der Waals surface area contributed by atoms with E-state index in [1.807, 2.05) is 42.9 Å². The van der Waals surface area contributed by atoms with Gasteiger partial charge in [-0.3, -0.25) is 9.48 Å². The lowest BCUT2D eigenvalue weighted by Crippen LogP contribution is -2.10. The first-order valence-corrected chi connectivity index (χ1v) is 9.60. The van der Waals surface area contributed by atoms with Crippen LogP contribution in [0.1, 0.15) is 41.0 Å². The van der Waals surface area contributed by atoms with E-state index in [0.717, 1.165) is 57.7 Å². The first-order chi connectivity index (χ1) is 12.5. The summed E-state index contributed by atoms with van der Waals surface area (Å²) in [5.41, 5.74) is 3.58. The summed E-state index contributed by atoms with van der Waals surface area (Å²) in [7, 11) is 1.90. The highest BCUT2D eigenvalue weighted by atomic mass is 32.1. The maximum Gasteiger partial charge on any atom is 0.265 e. The molecule has 0 aliphatic carbocycles. The Morgan fingerprint density at radius 2 is 2.19 bits per heavy atom. The van der Waals surface area contributed by atoms with Gasteiger partial charge in [0, 0.05) is 24.5 Å². The summed E-state index contributed by atoms with van der Waals surface area (Å²) in [5.74, 6) is 0.897. The average Bonchev–Trinajstić information content (AvgIpc) is 3.29. The zero-order valence-corrected chi connectivity index (χ0v) is 15.9. The number of hydrogen-bond donors (Lipinski definition) is 2. The number of carbonyl (C=O) groups is 1. The fraction of sp³-hybridized carbons (Fsp3) is 0.316. The van der Waals surface area contributed by atoms with Gasteiger partial charge >= 0.3 is 0 Å². The molecule has 0 aliphatic rings. The molecule has 6 nitrogen and oxygen atoms in total. The van der Waals surface area contributed by atoms with Crippen molar-refractivity contribution in [2.75, 3.05) is 5.32 Å². The Morgan fingerprint density at radius 3 is 2.96 bits per heavy atom. The number of amides is 1. The first kappa shape index (κ1) is 16.8. The molecular weight excluding hydrogens is 346 g/mol. The van der Waals surface area contributed by atoms with E-state index in [9.17, 15) is 4.79 Å². The molecule has 0 aliphatic heterocycles. The molecule has 3 heterocycles. The SMILES string of the molecule is CCCCc1nc2ccc(NC(=O)c3cc4c(C)nn(C)c4s3)cc2[nH]1. The van der Waals surface area contributed by atoms with Gasteiger partial charge in [0.05, 0.1) is 21.6 Å². The van der Waals surface area contributed by atoms with Gasteiger partial charge < -0.3 is 10.3 Å². The second-order valence-corrected chi connectivity index (χ2v) is 7.54. The number of imidazole rings is 1. The molecule has 0 radical (unpaired) electrons. The number of benzene rings is 1. The topological polar surface area (TPSA) is 75.6 Å². The lowest BCUT2D eigenvalue weighted by atomic mass is 10.2. The van der Waals surface area contributed by atoms with Crippen molar-refractivity contribution in [1.29, 1.82) is 0 Å². The molecule has 4 aromatic rings. The minimum absolute atomic E-state index is 0.101. The van der Waals surface area contributed by atoms with E-state index in [-0.39, 0.29) is 5.91 Å². The van der Waals surface area contributed by atoms with Crippen LogP contribution in [0.2, 0.25) is 0 Å². The monoisotopic (exact) mass is 367 g/mol. The van der Waals surface area contributed by atoms with Gasteiger partial charge in [0.25, 0.3) is 5.91 Å². The second-order valence-electron chi connectivity index (χ2n) is 6.51. The molecule has 0 unspecified atom stereocenters. The van der Waals surface area contributed by atoms with Gasteiger partial charge in [-0.2, -0.15) is 5.10 Å². The molecular formula is C19H21N5OS. The zero-order chi connectivity index (χ0) is 18.3. The second kappa shape index (κ2) is 6.57. The molecule has 4 rings (SSSR count). The van der Waals surface area contributed by atoms with Gasteiger partial charge in [-0.1, -0.05) is 13.3 Å². The third-order valence-electron chi connectivity index (χ3n) is 4.48. The van der Waals surface area contributed by atoms with E-state index >= 15 is 0 Å². The maximum absolute atomic E-state index is 12.6. The average molecular weight is 367 g/mol. The number of nitrogens with zero attached hydrogens (tertiary/aromatic N) is 3. The van der Waals surface area contributed by atoms with Crippen LogP contribution in [-0.2, 0) is 13.5 Å². The number of carbonyl (C=O) groups excluding carboxylic acids is 1. The number of aryl methyl sites for hydroxylation is 3. The largest absolute Gasteiger partial charge is 0.342 e. The normalized spacial score (nSPS) is 11.5. The zero-order valence-electron chi connectivity index (χ0n) is 15.1. The minimum atomic E-state index is -0.101. The number of H-pyrrole nitrogens is 1. The van der Waals surface area contributed by atoms with Crippen molar-refractivity contribution in [3.8, 4) is 0 Å². The smallest absolute Gasteiger partial charge is 0.265 e. The quantitative estimate of drug-likeness (QED) is 0.548. The van der Waals surface area contributed by atoms with Crippen molar-refractivity contribution in [2.45, 2.75) is 33.1 Å². The van der Waals surface area contributed by atoms with Gasteiger partial charge in [0.2, 0.25) is 0 Å².